The van der Waals surface area contributed by atoms with E-state index in [2.05, 4.69) is 5.32 Å². The van der Waals surface area contributed by atoms with Gasteiger partial charge < -0.3 is 14.8 Å². The van der Waals surface area contributed by atoms with Crippen LogP contribution in [0.15, 0.2) is 59.5 Å². The quantitative estimate of drug-likeness (QED) is 0.283. The van der Waals surface area contributed by atoms with E-state index in [1.807, 2.05) is 24.6 Å². The summed E-state index contributed by atoms with van der Waals surface area (Å²) in [6, 6.07) is 14.3. The number of ketones is 1. The van der Waals surface area contributed by atoms with Crippen molar-refractivity contribution in [3.63, 3.8) is 0 Å². The number of nitrogens with zero attached hydrogens (tertiary/aromatic N) is 1. The van der Waals surface area contributed by atoms with Gasteiger partial charge in [0.2, 0.25) is 0 Å². The minimum absolute atomic E-state index is 0.0323. The number of rotatable bonds is 10. The van der Waals surface area contributed by atoms with Crippen LogP contribution in [-0.4, -0.2) is 39.4 Å². The molecule has 0 aliphatic carbocycles. The van der Waals surface area contributed by atoms with Crippen LogP contribution in [0.4, 0.5) is 10.5 Å². The van der Waals surface area contributed by atoms with Crippen LogP contribution in [0.3, 0.4) is 0 Å². The number of aryl methyl sites for hydroxylation is 1. The van der Waals surface area contributed by atoms with E-state index in [0.717, 1.165) is 0 Å². The highest BCUT2D eigenvalue weighted by molar-refractivity contribution is 7.90. The molecule has 0 atom stereocenters. The normalized spacial score (nSPS) is 11.0. The zero-order chi connectivity index (χ0) is 30.3. The van der Waals surface area contributed by atoms with Gasteiger partial charge in [0, 0.05) is 21.3 Å². The van der Waals surface area contributed by atoms with E-state index in [1.54, 1.807) is 6.92 Å². The maximum atomic E-state index is 13.2. The molecule has 41 heavy (non-hydrogen) atoms. The predicted octanol–water partition coefficient (Wildman–Crippen LogP) is 5.49. The minimum atomic E-state index is -4.20. The second-order valence-corrected chi connectivity index (χ2v) is 11.8. The van der Waals surface area contributed by atoms with E-state index in [0.29, 0.717) is 11.3 Å². The van der Waals surface area contributed by atoms with E-state index >= 15 is 0 Å². The van der Waals surface area contributed by atoms with Gasteiger partial charge in [-0.3, -0.25) is 9.59 Å². The number of ether oxygens (including phenoxy) is 2. The Kier molecular flexibility index (Phi) is 10.3. The Morgan fingerprint density at radius 3 is 2.39 bits per heavy atom. The lowest BCUT2D eigenvalue weighted by atomic mass is 10.0. The number of sulfonamides is 1. The summed E-state index contributed by atoms with van der Waals surface area (Å²) >= 11 is 12.1. The van der Waals surface area contributed by atoms with Gasteiger partial charge in [-0.05, 0) is 73.0 Å². The first-order chi connectivity index (χ1) is 19.3. The van der Waals surface area contributed by atoms with Gasteiger partial charge in [-0.2, -0.15) is 5.26 Å². The van der Waals surface area contributed by atoms with Crippen LogP contribution in [-0.2, 0) is 19.6 Å². The zero-order valence-electron chi connectivity index (χ0n) is 22.2. The molecule has 214 valence electrons. The number of hydrogen-bond acceptors (Lipinski definition) is 8. The number of carbonyl (C=O) groups excluding carboxylic acids is 3. The van der Waals surface area contributed by atoms with Gasteiger partial charge in [0.05, 0.1) is 28.7 Å². The molecule has 0 fully saturated rings. The Balaban J connectivity index is 1.70. The Bertz CT molecular complexity index is 1650. The second kappa shape index (κ2) is 13.5. The van der Waals surface area contributed by atoms with Crippen LogP contribution < -0.4 is 14.8 Å². The number of benzene rings is 3. The smallest absolute Gasteiger partial charge is 0.421 e. The predicted molar refractivity (Wildman–Crippen MR) is 153 cm³/mol. The molecule has 0 unspecified atom stereocenters. The van der Waals surface area contributed by atoms with Gasteiger partial charge in [0.15, 0.2) is 12.4 Å². The molecule has 0 bridgehead atoms. The maximum Gasteiger partial charge on any atom is 0.421 e. The van der Waals surface area contributed by atoms with E-state index in [4.69, 9.17) is 32.7 Å². The molecular weight excluding hydrogens is 593 g/mol. The van der Waals surface area contributed by atoms with Gasteiger partial charge in [0.1, 0.15) is 5.75 Å². The van der Waals surface area contributed by atoms with E-state index in [9.17, 15) is 28.1 Å². The fourth-order valence-corrected chi connectivity index (χ4v) is 4.84. The number of nitrogens with one attached hydrogen (secondary N) is 2. The molecule has 0 aromatic heterocycles. The summed E-state index contributed by atoms with van der Waals surface area (Å²) in [5.74, 6) is -1.01. The number of hydrogen-bond donors (Lipinski definition) is 2. The standard InChI is InChI=1S/C28H25Cl2N3O7S/c1-16(2)14-40-28(36)33-41(37,38)22-5-6-24(17(3)8-22)32-26(34)15-39-25-7-4-20(29)12-23(25)27(35)19-9-18(13-31)10-21(30)11-19/h4-12,16H,14-15H2,1-3H3,(H,32,34)(H,33,36). The molecule has 2 N–H and O–H groups in total. The molecule has 0 heterocycles. The van der Waals surface area contributed by atoms with Crippen LogP contribution in [0.2, 0.25) is 10.0 Å². The number of amides is 2. The van der Waals surface area contributed by atoms with Crippen molar-refractivity contribution >= 4 is 56.7 Å². The summed E-state index contributed by atoms with van der Waals surface area (Å²) in [6.07, 6.45) is -1.09. The van der Waals surface area contributed by atoms with Crippen molar-refractivity contribution < 1.29 is 32.3 Å². The van der Waals surface area contributed by atoms with Crippen molar-refractivity contribution in [2.45, 2.75) is 25.7 Å². The highest BCUT2D eigenvalue weighted by Gasteiger charge is 2.21. The van der Waals surface area contributed by atoms with E-state index in [-0.39, 0.29) is 49.9 Å². The molecule has 0 radical (unpaired) electrons. The van der Waals surface area contributed by atoms with Gasteiger partial charge >= 0.3 is 6.09 Å². The topological polar surface area (TPSA) is 152 Å². The van der Waals surface area contributed by atoms with Crippen molar-refractivity contribution in [3.8, 4) is 11.8 Å². The van der Waals surface area contributed by atoms with E-state index < -0.39 is 34.4 Å². The maximum absolute atomic E-state index is 13.2. The van der Waals surface area contributed by atoms with Crippen molar-refractivity contribution in [2.24, 2.45) is 5.92 Å². The Labute approximate surface area is 247 Å². The monoisotopic (exact) mass is 617 g/mol. The summed E-state index contributed by atoms with van der Waals surface area (Å²) in [5, 5.41) is 12.3. The minimum Gasteiger partial charge on any atom is -0.483 e. The van der Waals surface area contributed by atoms with Crippen LogP contribution in [0.1, 0.15) is 40.9 Å². The first kappa shape index (κ1) is 31.4. The Morgan fingerprint density at radius 2 is 1.73 bits per heavy atom. The third kappa shape index (κ3) is 8.69. The number of nitriles is 1. The van der Waals surface area contributed by atoms with Crippen LogP contribution in [0.25, 0.3) is 0 Å². The SMILES string of the molecule is Cc1cc(S(=O)(=O)NC(=O)OCC(C)C)ccc1NC(=O)COc1ccc(Cl)cc1C(=O)c1cc(Cl)cc(C#N)c1. The molecule has 0 saturated carbocycles. The number of carbonyl (C=O) groups is 3. The third-order valence-corrected chi connectivity index (χ3v) is 7.15. The highest BCUT2D eigenvalue weighted by atomic mass is 35.5. The lowest BCUT2D eigenvalue weighted by Crippen LogP contribution is -2.32. The highest BCUT2D eigenvalue weighted by Crippen LogP contribution is 2.27. The second-order valence-electron chi connectivity index (χ2n) is 9.22. The number of anilines is 1. The first-order valence-electron chi connectivity index (χ1n) is 12.1. The summed E-state index contributed by atoms with van der Waals surface area (Å²) in [7, 11) is -4.20. The Morgan fingerprint density at radius 1 is 1.00 bits per heavy atom. The van der Waals surface area contributed by atoms with E-state index in [1.165, 1.54) is 54.6 Å². The molecule has 10 nitrogen and oxygen atoms in total. The van der Waals surface area contributed by atoms with Crippen LogP contribution in [0.5, 0.6) is 5.75 Å². The molecular formula is C28H25Cl2N3O7S. The third-order valence-electron chi connectivity index (χ3n) is 5.38. The largest absolute Gasteiger partial charge is 0.483 e. The summed E-state index contributed by atoms with van der Waals surface area (Å²) in [5.41, 5.74) is 1.09. The van der Waals surface area contributed by atoms with Gasteiger partial charge in [-0.25, -0.2) is 17.9 Å². The van der Waals surface area contributed by atoms with Crippen LogP contribution >= 0.6 is 23.2 Å². The average Bonchev–Trinajstić information content (AvgIpc) is 2.91. The molecule has 3 aromatic rings. The first-order valence-corrected chi connectivity index (χ1v) is 14.3. The fourth-order valence-electron chi connectivity index (χ4n) is 3.46. The summed E-state index contributed by atoms with van der Waals surface area (Å²) < 4.78 is 37.3. The van der Waals surface area contributed by atoms with Crippen molar-refractivity contribution in [1.29, 1.82) is 5.26 Å². The van der Waals surface area contributed by atoms with Gasteiger partial charge in [0.25, 0.3) is 15.9 Å². The zero-order valence-corrected chi connectivity index (χ0v) is 24.5. The summed E-state index contributed by atoms with van der Waals surface area (Å²) in [4.78, 5) is 37.4. The molecule has 0 aliphatic rings. The molecule has 3 rings (SSSR count). The molecule has 2 amide bonds. The van der Waals surface area contributed by atoms with Gasteiger partial charge in [-0.15, -0.1) is 0 Å². The molecule has 0 aliphatic heterocycles. The summed E-state index contributed by atoms with van der Waals surface area (Å²) in [6.45, 7) is 4.75. The molecule has 0 saturated heterocycles. The molecule has 3 aromatic carbocycles. The van der Waals surface area contributed by atoms with Crippen LogP contribution in [0, 0.1) is 24.2 Å². The molecule has 13 heteroatoms. The number of halogens is 2. The molecule has 0 spiro atoms. The fraction of sp³-hybridized carbons (Fsp3) is 0.214. The van der Waals surface area contributed by atoms with Crippen molar-refractivity contribution in [3.05, 3.63) is 86.9 Å². The van der Waals surface area contributed by atoms with Crippen molar-refractivity contribution in [1.82, 2.24) is 4.72 Å². The average molecular weight is 618 g/mol. The van der Waals surface area contributed by atoms with Gasteiger partial charge in [-0.1, -0.05) is 37.0 Å². The Hall–Kier alpha value is -4.11. The van der Waals surface area contributed by atoms with Crippen molar-refractivity contribution in [2.75, 3.05) is 18.5 Å². The lowest BCUT2D eigenvalue weighted by Gasteiger charge is -2.14. The lowest BCUT2D eigenvalue weighted by molar-refractivity contribution is -0.118.